The number of benzene rings is 4. The summed E-state index contributed by atoms with van der Waals surface area (Å²) in [7, 11) is 4.72. The first-order chi connectivity index (χ1) is 16.1. The molecule has 168 valence electrons. The van der Waals surface area contributed by atoms with E-state index in [2.05, 4.69) is 0 Å². The minimum Gasteiger partial charge on any atom is -0.493 e. The van der Waals surface area contributed by atoms with Gasteiger partial charge in [-0.1, -0.05) is 84.9 Å². The lowest BCUT2D eigenvalue weighted by Crippen LogP contribution is -2.28. The van der Waals surface area contributed by atoms with Crippen LogP contribution in [-0.2, 0) is 5.60 Å². The van der Waals surface area contributed by atoms with Gasteiger partial charge < -0.3 is 19.3 Å². The number of fused-ring (bicyclic) bond motifs is 1. The maximum atomic E-state index is 12.4. The van der Waals surface area contributed by atoms with Gasteiger partial charge in [-0.15, -0.1) is 0 Å². The highest BCUT2D eigenvalue weighted by molar-refractivity contribution is 5.87. The molecule has 0 aromatic heterocycles. The quantitative estimate of drug-likeness (QED) is 0.354. The number of hydrogen-bond donors (Lipinski definition) is 1. The summed E-state index contributed by atoms with van der Waals surface area (Å²) in [5.74, 6) is 1.43. The van der Waals surface area contributed by atoms with Crippen molar-refractivity contribution in [2.24, 2.45) is 0 Å². The average Bonchev–Trinajstić information content (AvgIpc) is 2.87. The van der Waals surface area contributed by atoms with E-state index in [0.717, 1.165) is 21.9 Å². The van der Waals surface area contributed by atoms with Crippen LogP contribution in [0.1, 0.15) is 23.1 Å². The lowest BCUT2D eigenvalue weighted by Gasteiger charge is -2.32. The second-order valence-corrected chi connectivity index (χ2v) is 7.79. The number of rotatable bonds is 8. The van der Waals surface area contributed by atoms with Crippen molar-refractivity contribution >= 4 is 16.8 Å². The van der Waals surface area contributed by atoms with Crippen LogP contribution >= 0.6 is 0 Å². The van der Waals surface area contributed by atoms with Gasteiger partial charge in [0.1, 0.15) is 5.60 Å². The fourth-order valence-electron chi connectivity index (χ4n) is 4.31. The zero-order valence-electron chi connectivity index (χ0n) is 19.1. The van der Waals surface area contributed by atoms with E-state index in [1.165, 1.54) is 0 Å². The first-order valence-electron chi connectivity index (χ1n) is 10.8. The van der Waals surface area contributed by atoms with Crippen molar-refractivity contribution in [1.82, 2.24) is 0 Å². The Morgan fingerprint density at radius 3 is 2.12 bits per heavy atom. The van der Waals surface area contributed by atoms with Crippen LogP contribution in [0, 0.1) is 0 Å². The standard InChI is InChI=1S/C29H28O4/c1-31-26-19-18-25(27(32-2)28(26)33-3)29(30,20-10-13-21-11-5-4-6-12-21)24-17-9-15-22-14-7-8-16-23(22)24/h4-19,30H,20H2,1-3H3/b13-10-. The smallest absolute Gasteiger partial charge is 0.203 e. The van der Waals surface area contributed by atoms with Gasteiger partial charge in [-0.25, -0.2) is 0 Å². The summed E-state index contributed by atoms with van der Waals surface area (Å²) in [5.41, 5.74) is 1.09. The fourth-order valence-corrected chi connectivity index (χ4v) is 4.31. The van der Waals surface area contributed by atoms with Crippen molar-refractivity contribution < 1.29 is 19.3 Å². The summed E-state index contributed by atoms with van der Waals surface area (Å²) < 4.78 is 16.8. The first kappa shape index (κ1) is 22.4. The van der Waals surface area contributed by atoms with E-state index in [9.17, 15) is 5.11 Å². The molecule has 1 unspecified atom stereocenters. The minimum atomic E-state index is -1.38. The number of ether oxygens (including phenoxy) is 3. The third-order valence-electron chi connectivity index (χ3n) is 5.91. The molecule has 1 N–H and O–H groups in total. The summed E-state index contributed by atoms with van der Waals surface area (Å²) in [5, 5.41) is 14.4. The lowest BCUT2D eigenvalue weighted by atomic mass is 9.80. The summed E-state index contributed by atoms with van der Waals surface area (Å²) in [6.45, 7) is 0. The van der Waals surface area contributed by atoms with Crippen LogP contribution in [0.15, 0.2) is 91.0 Å². The van der Waals surface area contributed by atoms with Gasteiger partial charge in [-0.2, -0.15) is 0 Å². The van der Waals surface area contributed by atoms with Crippen LogP contribution in [0.4, 0.5) is 0 Å². The molecule has 0 spiro atoms. The van der Waals surface area contributed by atoms with Gasteiger partial charge in [0.2, 0.25) is 5.75 Å². The highest BCUT2D eigenvalue weighted by Crippen LogP contribution is 2.48. The van der Waals surface area contributed by atoms with Crippen molar-refractivity contribution in [1.29, 1.82) is 0 Å². The van der Waals surface area contributed by atoms with Crippen molar-refractivity contribution in [2.45, 2.75) is 12.0 Å². The second-order valence-electron chi connectivity index (χ2n) is 7.79. The van der Waals surface area contributed by atoms with Crippen molar-refractivity contribution in [3.8, 4) is 17.2 Å². The highest BCUT2D eigenvalue weighted by atomic mass is 16.5. The third-order valence-corrected chi connectivity index (χ3v) is 5.91. The number of hydrogen-bond acceptors (Lipinski definition) is 4. The summed E-state index contributed by atoms with van der Waals surface area (Å²) >= 11 is 0. The Bertz CT molecular complexity index is 1260. The molecule has 0 aliphatic rings. The van der Waals surface area contributed by atoms with Crippen LogP contribution in [0.5, 0.6) is 17.2 Å². The molecule has 0 aliphatic heterocycles. The van der Waals surface area contributed by atoms with E-state index >= 15 is 0 Å². The summed E-state index contributed by atoms with van der Waals surface area (Å²) in [6, 6.07) is 27.7. The fraction of sp³-hybridized carbons (Fsp3) is 0.172. The minimum absolute atomic E-state index is 0.335. The Kier molecular flexibility index (Phi) is 6.66. The van der Waals surface area contributed by atoms with Crippen LogP contribution in [0.25, 0.3) is 16.8 Å². The SMILES string of the molecule is COc1ccc(C(O)(C/C=C\c2ccccc2)c2cccc3ccccc23)c(OC)c1OC. The van der Waals surface area contributed by atoms with Crippen LogP contribution in [0.3, 0.4) is 0 Å². The Morgan fingerprint density at radius 1 is 0.697 bits per heavy atom. The largest absolute Gasteiger partial charge is 0.493 e. The first-order valence-corrected chi connectivity index (χ1v) is 10.8. The average molecular weight is 441 g/mol. The van der Waals surface area contributed by atoms with E-state index in [1.807, 2.05) is 91.0 Å². The molecular formula is C29H28O4. The summed E-state index contributed by atoms with van der Waals surface area (Å²) in [6.07, 6.45) is 4.35. The van der Waals surface area contributed by atoms with Crippen molar-refractivity contribution in [3.63, 3.8) is 0 Å². The molecule has 0 saturated carbocycles. The van der Waals surface area contributed by atoms with Gasteiger partial charge in [-0.3, -0.25) is 0 Å². The topological polar surface area (TPSA) is 47.9 Å². The lowest BCUT2D eigenvalue weighted by molar-refractivity contribution is 0.0822. The summed E-state index contributed by atoms with van der Waals surface area (Å²) in [4.78, 5) is 0. The third kappa shape index (κ3) is 4.30. The van der Waals surface area contributed by atoms with Gasteiger partial charge in [0.05, 0.1) is 21.3 Å². The zero-order chi connectivity index (χ0) is 23.3. The highest BCUT2D eigenvalue weighted by Gasteiger charge is 2.36. The molecule has 33 heavy (non-hydrogen) atoms. The van der Waals surface area contributed by atoms with Gasteiger partial charge in [0.25, 0.3) is 0 Å². The van der Waals surface area contributed by atoms with Crippen molar-refractivity contribution in [3.05, 3.63) is 108 Å². The van der Waals surface area contributed by atoms with Gasteiger partial charge in [0.15, 0.2) is 11.5 Å². The molecule has 4 aromatic carbocycles. The van der Waals surface area contributed by atoms with E-state index in [0.29, 0.717) is 29.2 Å². The Hall–Kier alpha value is -3.76. The molecule has 0 fully saturated rings. The molecule has 4 aromatic rings. The molecular weight excluding hydrogens is 412 g/mol. The molecule has 0 amide bonds. The monoisotopic (exact) mass is 440 g/mol. The van der Waals surface area contributed by atoms with Crippen LogP contribution < -0.4 is 14.2 Å². The van der Waals surface area contributed by atoms with Gasteiger partial charge in [-0.05, 0) is 34.0 Å². The molecule has 4 nitrogen and oxygen atoms in total. The molecule has 4 heteroatoms. The number of aliphatic hydroxyl groups is 1. The molecule has 0 bridgehead atoms. The second kappa shape index (κ2) is 9.80. The van der Waals surface area contributed by atoms with Crippen LogP contribution in [0.2, 0.25) is 0 Å². The van der Waals surface area contributed by atoms with Gasteiger partial charge in [0, 0.05) is 12.0 Å². The molecule has 0 aliphatic carbocycles. The van der Waals surface area contributed by atoms with E-state index in [-0.39, 0.29) is 0 Å². The Labute approximate surface area is 194 Å². The van der Waals surface area contributed by atoms with E-state index < -0.39 is 5.60 Å². The number of methoxy groups -OCH3 is 3. The Balaban J connectivity index is 1.93. The molecule has 0 saturated heterocycles. The molecule has 0 radical (unpaired) electrons. The maximum Gasteiger partial charge on any atom is 0.203 e. The normalized spacial score (nSPS) is 13.1. The van der Waals surface area contributed by atoms with Crippen LogP contribution in [-0.4, -0.2) is 26.4 Å². The van der Waals surface area contributed by atoms with Crippen molar-refractivity contribution in [2.75, 3.05) is 21.3 Å². The predicted octanol–water partition coefficient (Wildman–Crippen LogP) is 6.21. The van der Waals surface area contributed by atoms with E-state index in [4.69, 9.17) is 14.2 Å². The maximum absolute atomic E-state index is 12.4. The molecule has 4 rings (SSSR count). The molecule has 0 heterocycles. The molecule has 1 atom stereocenters. The zero-order valence-corrected chi connectivity index (χ0v) is 19.1. The van der Waals surface area contributed by atoms with Gasteiger partial charge >= 0.3 is 0 Å². The van der Waals surface area contributed by atoms with E-state index in [1.54, 1.807) is 27.4 Å². The Morgan fingerprint density at radius 2 is 1.39 bits per heavy atom. The predicted molar refractivity (Wildman–Crippen MR) is 133 cm³/mol.